The van der Waals surface area contributed by atoms with Crippen molar-refractivity contribution in [2.45, 2.75) is 69.0 Å². The van der Waals surface area contributed by atoms with Gasteiger partial charge in [-0.1, -0.05) is 67.6 Å². The topological polar surface area (TPSA) is 82.5 Å². The Labute approximate surface area is 238 Å². The van der Waals surface area contributed by atoms with Gasteiger partial charge in [-0.15, -0.1) is 0 Å². The third-order valence-electron chi connectivity index (χ3n) is 11.1. The molecule has 40 heavy (non-hydrogen) atoms. The second kappa shape index (κ2) is 10.2. The lowest BCUT2D eigenvalue weighted by atomic mass is 9.49. The lowest BCUT2D eigenvalue weighted by Gasteiger charge is -2.62. The van der Waals surface area contributed by atoms with E-state index in [0.29, 0.717) is 32.5 Å². The molecular formula is C33H44N2O5. The van der Waals surface area contributed by atoms with Crippen molar-refractivity contribution < 1.29 is 24.5 Å². The zero-order valence-electron chi connectivity index (χ0n) is 24.1. The van der Waals surface area contributed by atoms with Crippen LogP contribution in [-0.4, -0.2) is 83.1 Å². The van der Waals surface area contributed by atoms with Crippen molar-refractivity contribution in [3.63, 3.8) is 0 Å². The molecule has 6 rings (SSSR count). The molecule has 2 N–H and O–H groups in total. The minimum absolute atomic E-state index is 0.0262. The van der Waals surface area contributed by atoms with E-state index in [9.17, 15) is 15.0 Å². The first-order valence-corrected chi connectivity index (χ1v) is 14.9. The van der Waals surface area contributed by atoms with Gasteiger partial charge >= 0.3 is 5.97 Å². The van der Waals surface area contributed by atoms with E-state index in [1.165, 1.54) is 0 Å². The Morgan fingerprint density at radius 2 is 1.55 bits per heavy atom. The predicted octanol–water partition coefficient (Wildman–Crippen LogP) is 3.78. The molecule has 2 aromatic rings. The van der Waals surface area contributed by atoms with Gasteiger partial charge in [-0.25, -0.2) is 0 Å². The third kappa shape index (κ3) is 4.24. The van der Waals surface area contributed by atoms with Crippen molar-refractivity contribution in [2.75, 3.05) is 39.8 Å². The van der Waals surface area contributed by atoms with Gasteiger partial charge in [-0.3, -0.25) is 14.6 Å². The molecule has 6 atom stereocenters. The summed E-state index contributed by atoms with van der Waals surface area (Å²) >= 11 is 0. The summed E-state index contributed by atoms with van der Waals surface area (Å²) in [6, 6.07) is 19.7. The standard InChI is InChI=1S/C33H44N2O5/c1-30-15-10-16-31(2,39-3)32(30,37)21-26-27(29(36)40-28(26)22-30)23-34-17-19-35(20-18-34)33(38,24-11-6-4-7-12-24)25-13-8-5-9-14-25/h4-9,11-14,26-28,37-38H,10,15-23H2,1-3H3/t26-,27-,28+,30+,31+,32-/m0/s1. The number of hydrogen-bond acceptors (Lipinski definition) is 7. The minimum Gasteiger partial charge on any atom is -0.462 e. The molecule has 2 heterocycles. The summed E-state index contributed by atoms with van der Waals surface area (Å²) < 4.78 is 12.0. The lowest BCUT2D eigenvalue weighted by Crippen LogP contribution is -2.69. The second-order valence-corrected chi connectivity index (χ2v) is 13.1. The minimum atomic E-state index is -1.23. The number of piperazine rings is 1. The Morgan fingerprint density at radius 1 is 0.950 bits per heavy atom. The molecule has 7 heteroatoms. The third-order valence-corrected chi connectivity index (χ3v) is 11.1. The number of esters is 1. The maximum atomic E-state index is 13.2. The first-order valence-electron chi connectivity index (χ1n) is 14.9. The maximum Gasteiger partial charge on any atom is 0.310 e. The zero-order chi connectivity index (χ0) is 28.2. The molecule has 216 valence electrons. The normalized spacial score (nSPS) is 37.0. The van der Waals surface area contributed by atoms with Gasteiger partial charge in [-0.05, 0) is 39.0 Å². The summed E-state index contributed by atoms with van der Waals surface area (Å²) in [5, 5.41) is 24.4. The van der Waals surface area contributed by atoms with Crippen molar-refractivity contribution in [3.05, 3.63) is 71.8 Å². The molecule has 0 spiro atoms. The molecule has 0 bridgehead atoms. The molecule has 2 saturated carbocycles. The van der Waals surface area contributed by atoms with Crippen LogP contribution in [0.25, 0.3) is 0 Å². The Hall–Kier alpha value is -2.29. The summed E-state index contributed by atoms with van der Waals surface area (Å²) in [5.41, 5.74) is -1.49. The molecular weight excluding hydrogens is 504 g/mol. The Kier molecular flexibility index (Phi) is 7.11. The molecule has 2 aliphatic carbocycles. The van der Waals surface area contributed by atoms with Crippen molar-refractivity contribution in [1.82, 2.24) is 9.80 Å². The quantitative estimate of drug-likeness (QED) is 0.532. The number of nitrogens with zero attached hydrogens (tertiary/aromatic N) is 2. The van der Waals surface area contributed by atoms with Crippen LogP contribution in [0.15, 0.2) is 60.7 Å². The number of carbonyl (C=O) groups excluding carboxylic acids is 1. The molecule has 4 aliphatic rings. The number of aliphatic hydroxyl groups is 2. The van der Waals surface area contributed by atoms with Crippen LogP contribution >= 0.6 is 0 Å². The van der Waals surface area contributed by atoms with Crippen molar-refractivity contribution >= 4 is 5.97 Å². The van der Waals surface area contributed by atoms with Crippen LogP contribution in [-0.2, 0) is 20.0 Å². The van der Waals surface area contributed by atoms with Crippen LogP contribution in [0.3, 0.4) is 0 Å². The van der Waals surface area contributed by atoms with Crippen LogP contribution in [0.5, 0.6) is 0 Å². The Morgan fingerprint density at radius 3 is 2.12 bits per heavy atom. The van der Waals surface area contributed by atoms with E-state index in [1.54, 1.807) is 7.11 Å². The van der Waals surface area contributed by atoms with E-state index in [1.807, 2.05) is 67.6 Å². The molecule has 0 aromatic heterocycles. The summed E-state index contributed by atoms with van der Waals surface area (Å²) in [7, 11) is 1.70. The number of benzene rings is 2. The van der Waals surface area contributed by atoms with Crippen molar-refractivity contribution in [3.8, 4) is 0 Å². The van der Waals surface area contributed by atoms with Gasteiger partial charge in [0.05, 0.1) is 17.1 Å². The molecule has 4 fully saturated rings. The number of fused-ring (bicyclic) bond motifs is 2. The SMILES string of the molecule is CO[C@]1(C)CCC[C@]2(C)C[C@H]3OC(=O)[C@@H](CN4CCN(C(O)(c5ccccc5)c5ccccc5)CC4)[C@@H]3C[C@]21O. The second-order valence-electron chi connectivity index (χ2n) is 13.1. The fourth-order valence-electron chi connectivity index (χ4n) is 8.50. The molecule has 2 aromatic carbocycles. The zero-order valence-corrected chi connectivity index (χ0v) is 24.1. The summed E-state index contributed by atoms with van der Waals surface area (Å²) in [5.74, 6) is -0.426. The molecule has 0 radical (unpaired) electrons. The highest BCUT2D eigenvalue weighted by Crippen LogP contribution is 2.61. The van der Waals surface area contributed by atoms with Gasteiger partial charge in [-0.2, -0.15) is 0 Å². The fourth-order valence-corrected chi connectivity index (χ4v) is 8.50. The highest BCUT2D eigenvalue weighted by atomic mass is 16.6. The number of carbonyl (C=O) groups is 1. The van der Waals surface area contributed by atoms with E-state index in [2.05, 4.69) is 16.7 Å². The van der Waals surface area contributed by atoms with Crippen molar-refractivity contribution in [1.29, 1.82) is 0 Å². The van der Waals surface area contributed by atoms with Gasteiger partial charge < -0.3 is 19.7 Å². The number of methoxy groups -OCH3 is 1. The van der Waals surface area contributed by atoms with Gasteiger partial charge in [0.25, 0.3) is 0 Å². The van der Waals surface area contributed by atoms with E-state index in [0.717, 1.165) is 43.5 Å². The predicted molar refractivity (Wildman–Crippen MR) is 152 cm³/mol. The first-order chi connectivity index (χ1) is 19.1. The lowest BCUT2D eigenvalue weighted by molar-refractivity contribution is -0.270. The Bertz CT molecular complexity index is 1160. The van der Waals surface area contributed by atoms with Crippen LogP contribution < -0.4 is 0 Å². The molecule has 2 aliphatic heterocycles. The van der Waals surface area contributed by atoms with Crippen LogP contribution in [0.4, 0.5) is 0 Å². The van der Waals surface area contributed by atoms with Gasteiger partial charge in [0, 0.05) is 62.3 Å². The highest BCUT2D eigenvalue weighted by Gasteiger charge is 2.67. The van der Waals surface area contributed by atoms with Gasteiger partial charge in [0.1, 0.15) is 6.10 Å². The summed E-state index contributed by atoms with van der Waals surface area (Å²) in [4.78, 5) is 17.7. The summed E-state index contributed by atoms with van der Waals surface area (Å²) in [6.07, 6.45) is 3.80. The van der Waals surface area contributed by atoms with Crippen LogP contribution in [0.2, 0.25) is 0 Å². The summed E-state index contributed by atoms with van der Waals surface area (Å²) in [6.45, 7) is 7.61. The van der Waals surface area contributed by atoms with E-state index in [-0.39, 0.29) is 29.3 Å². The number of rotatable bonds is 6. The first kappa shape index (κ1) is 27.9. The van der Waals surface area contributed by atoms with E-state index < -0.39 is 16.9 Å². The molecule has 0 amide bonds. The van der Waals surface area contributed by atoms with Gasteiger partial charge in [0.15, 0.2) is 5.72 Å². The number of hydrogen-bond donors (Lipinski definition) is 2. The molecule has 7 nitrogen and oxygen atoms in total. The maximum absolute atomic E-state index is 13.2. The Balaban J connectivity index is 1.18. The van der Waals surface area contributed by atoms with Crippen LogP contribution in [0, 0.1) is 17.3 Å². The largest absolute Gasteiger partial charge is 0.462 e. The van der Waals surface area contributed by atoms with E-state index >= 15 is 0 Å². The molecule has 2 saturated heterocycles. The average Bonchev–Trinajstić information content (AvgIpc) is 3.26. The molecule has 0 unspecified atom stereocenters. The average molecular weight is 549 g/mol. The smallest absolute Gasteiger partial charge is 0.310 e. The van der Waals surface area contributed by atoms with Gasteiger partial charge in [0.2, 0.25) is 0 Å². The van der Waals surface area contributed by atoms with E-state index in [4.69, 9.17) is 9.47 Å². The van der Waals surface area contributed by atoms with Crippen LogP contribution in [0.1, 0.15) is 57.1 Å². The highest BCUT2D eigenvalue weighted by molar-refractivity contribution is 5.75. The number of ether oxygens (including phenoxy) is 2. The van der Waals surface area contributed by atoms with Crippen molar-refractivity contribution in [2.24, 2.45) is 17.3 Å². The fraction of sp³-hybridized carbons (Fsp3) is 0.606. The monoisotopic (exact) mass is 548 g/mol.